The fraction of sp³-hybridized carbons (Fsp3) is 0.571. The van der Waals surface area contributed by atoms with Gasteiger partial charge in [-0.1, -0.05) is 26.8 Å². The molecule has 0 spiro atoms. The van der Waals surface area contributed by atoms with Gasteiger partial charge in [-0.15, -0.1) is 0 Å². The Labute approximate surface area is 128 Å². The van der Waals surface area contributed by atoms with Crippen LogP contribution >= 0.6 is 22.6 Å². The minimum Gasteiger partial charge on any atom is -0.313 e. The summed E-state index contributed by atoms with van der Waals surface area (Å²) in [7, 11) is 0. The van der Waals surface area contributed by atoms with Gasteiger partial charge in [0.05, 0.1) is 4.92 Å². The molecule has 0 aliphatic carbocycles. The Bertz CT molecular complexity index is 435. The second kappa shape index (κ2) is 7.79. The molecule has 0 radical (unpaired) electrons. The molecule has 1 unspecified atom stereocenters. The van der Waals surface area contributed by atoms with Crippen molar-refractivity contribution >= 4 is 28.3 Å². The van der Waals surface area contributed by atoms with Crippen molar-refractivity contribution in [1.82, 2.24) is 5.32 Å². The number of benzene rings is 1. The van der Waals surface area contributed by atoms with Crippen LogP contribution in [-0.4, -0.2) is 17.5 Å². The highest BCUT2D eigenvalue weighted by atomic mass is 127. The molecule has 0 aliphatic heterocycles. The van der Waals surface area contributed by atoms with Crippen LogP contribution in [0.4, 0.5) is 5.69 Å². The lowest BCUT2D eigenvalue weighted by Crippen LogP contribution is -2.36. The zero-order chi connectivity index (χ0) is 14.4. The third kappa shape index (κ3) is 5.06. The highest BCUT2D eigenvalue weighted by Gasteiger charge is 2.20. The molecular weight excluding hydrogens is 355 g/mol. The molecular formula is C14H21IN2O2. The number of halogens is 1. The third-order valence-corrected chi connectivity index (χ3v) is 3.82. The molecule has 0 amide bonds. The van der Waals surface area contributed by atoms with Crippen LogP contribution in [0.2, 0.25) is 0 Å². The Hall–Kier alpha value is -0.690. The number of rotatable bonds is 7. The van der Waals surface area contributed by atoms with Crippen LogP contribution in [-0.2, 0) is 6.42 Å². The summed E-state index contributed by atoms with van der Waals surface area (Å²) in [5, 5.41) is 14.6. The first kappa shape index (κ1) is 16.4. The molecule has 0 aromatic heterocycles. The van der Waals surface area contributed by atoms with Crippen LogP contribution in [0.1, 0.15) is 32.8 Å². The minimum absolute atomic E-state index is 0.232. The normalized spacial score (nSPS) is 12.7. The maximum atomic E-state index is 11.1. The number of nitrogens with zero attached hydrogens (tertiary/aromatic N) is 1. The zero-order valence-corrected chi connectivity index (χ0v) is 13.8. The van der Waals surface area contributed by atoms with E-state index in [1.54, 1.807) is 6.07 Å². The first-order valence-corrected chi connectivity index (χ1v) is 7.69. The summed E-state index contributed by atoms with van der Waals surface area (Å²) in [4.78, 5) is 10.8. The Morgan fingerprint density at radius 3 is 2.63 bits per heavy atom. The summed E-state index contributed by atoms with van der Waals surface area (Å²) >= 11 is 2.11. The molecule has 19 heavy (non-hydrogen) atoms. The second-order valence-corrected chi connectivity index (χ2v) is 6.28. The first-order valence-electron chi connectivity index (χ1n) is 6.61. The average Bonchev–Trinajstić information content (AvgIpc) is 2.35. The van der Waals surface area contributed by atoms with Gasteiger partial charge in [0.1, 0.15) is 0 Å². The van der Waals surface area contributed by atoms with Crippen LogP contribution in [0, 0.1) is 19.6 Å². The van der Waals surface area contributed by atoms with Crippen LogP contribution < -0.4 is 5.32 Å². The molecule has 0 saturated carbocycles. The van der Waals surface area contributed by atoms with Crippen LogP contribution in [0.25, 0.3) is 0 Å². The van der Waals surface area contributed by atoms with E-state index in [4.69, 9.17) is 0 Å². The molecule has 1 aromatic rings. The largest absolute Gasteiger partial charge is 0.313 e. The van der Waals surface area contributed by atoms with Gasteiger partial charge in [0.2, 0.25) is 0 Å². The zero-order valence-electron chi connectivity index (χ0n) is 11.6. The maximum absolute atomic E-state index is 11.1. The minimum atomic E-state index is -0.283. The van der Waals surface area contributed by atoms with E-state index in [1.165, 1.54) is 0 Å². The summed E-state index contributed by atoms with van der Waals surface area (Å²) in [5.41, 5.74) is 1.04. The van der Waals surface area contributed by atoms with Gasteiger partial charge in [-0.25, -0.2) is 0 Å². The standard InChI is InChI=1S/C14H21IN2O2/c1-4-7-16-13(10(2)3)8-11-5-6-12(15)9-14(11)17(18)19/h5-6,9-10,13,16H,4,7-8H2,1-3H3. The van der Waals surface area contributed by atoms with Crippen molar-refractivity contribution in [2.45, 2.75) is 39.7 Å². The predicted octanol–water partition coefficient (Wildman–Crippen LogP) is 3.77. The lowest BCUT2D eigenvalue weighted by atomic mass is 9.95. The van der Waals surface area contributed by atoms with Crippen LogP contribution in [0.3, 0.4) is 0 Å². The van der Waals surface area contributed by atoms with Crippen molar-refractivity contribution in [2.75, 3.05) is 6.54 Å². The van der Waals surface area contributed by atoms with Gasteiger partial charge in [-0.3, -0.25) is 10.1 Å². The van der Waals surface area contributed by atoms with Crippen molar-refractivity contribution in [3.05, 3.63) is 37.4 Å². The lowest BCUT2D eigenvalue weighted by Gasteiger charge is -2.22. The molecule has 106 valence electrons. The highest BCUT2D eigenvalue weighted by Crippen LogP contribution is 2.24. The van der Waals surface area contributed by atoms with Gasteiger partial charge in [0, 0.05) is 21.2 Å². The Balaban J connectivity index is 2.92. The SMILES string of the molecule is CCCNC(Cc1ccc(I)cc1[N+](=O)[O-])C(C)C. The smallest absolute Gasteiger partial charge is 0.273 e. The summed E-state index contributed by atoms with van der Waals surface area (Å²) in [6.45, 7) is 7.36. The molecule has 0 fully saturated rings. The quantitative estimate of drug-likeness (QED) is 0.448. The molecule has 0 heterocycles. The summed E-state index contributed by atoms with van der Waals surface area (Å²) in [6, 6.07) is 5.73. The van der Waals surface area contributed by atoms with Gasteiger partial charge >= 0.3 is 0 Å². The fourth-order valence-corrected chi connectivity index (χ4v) is 2.46. The molecule has 5 heteroatoms. The molecule has 0 saturated heterocycles. The van der Waals surface area contributed by atoms with Gasteiger partial charge < -0.3 is 5.32 Å². The maximum Gasteiger partial charge on any atom is 0.273 e. The summed E-state index contributed by atoms with van der Waals surface area (Å²) < 4.78 is 0.899. The monoisotopic (exact) mass is 376 g/mol. The lowest BCUT2D eigenvalue weighted by molar-refractivity contribution is -0.385. The Kier molecular flexibility index (Phi) is 6.71. The molecule has 1 rings (SSSR count). The van der Waals surface area contributed by atoms with Crippen LogP contribution in [0.15, 0.2) is 18.2 Å². The topological polar surface area (TPSA) is 55.2 Å². The molecule has 1 aromatic carbocycles. The van der Waals surface area contributed by atoms with Crippen molar-refractivity contribution in [3.63, 3.8) is 0 Å². The van der Waals surface area contributed by atoms with Crippen LogP contribution in [0.5, 0.6) is 0 Å². The van der Waals surface area contributed by atoms with E-state index in [1.807, 2.05) is 12.1 Å². The van der Waals surface area contributed by atoms with Crippen molar-refractivity contribution in [3.8, 4) is 0 Å². The number of nitrogens with one attached hydrogen (secondary N) is 1. The van der Waals surface area contributed by atoms with E-state index in [9.17, 15) is 10.1 Å². The number of hydrogen-bond donors (Lipinski definition) is 1. The number of nitro benzene ring substituents is 1. The fourth-order valence-electron chi connectivity index (χ4n) is 1.99. The van der Waals surface area contributed by atoms with E-state index >= 15 is 0 Å². The van der Waals surface area contributed by atoms with E-state index in [2.05, 4.69) is 48.7 Å². The van der Waals surface area contributed by atoms with E-state index in [-0.39, 0.29) is 16.7 Å². The van der Waals surface area contributed by atoms with Crippen molar-refractivity contribution < 1.29 is 4.92 Å². The molecule has 0 aliphatic rings. The van der Waals surface area contributed by atoms with Gasteiger partial charge in [0.15, 0.2) is 0 Å². The molecule has 4 nitrogen and oxygen atoms in total. The number of nitro groups is 1. The first-order chi connectivity index (χ1) is 8.95. The van der Waals surface area contributed by atoms with Gasteiger partial charge in [-0.2, -0.15) is 0 Å². The molecule has 1 N–H and O–H groups in total. The Morgan fingerprint density at radius 2 is 2.11 bits per heavy atom. The van der Waals surface area contributed by atoms with E-state index in [0.29, 0.717) is 12.3 Å². The highest BCUT2D eigenvalue weighted by molar-refractivity contribution is 14.1. The predicted molar refractivity (Wildman–Crippen MR) is 86.4 cm³/mol. The summed E-state index contributed by atoms with van der Waals surface area (Å²) in [6.07, 6.45) is 1.77. The van der Waals surface area contributed by atoms with E-state index < -0.39 is 0 Å². The van der Waals surface area contributed by atoms with Gasteiger partial charge in [0.25, 0.3) is 5.69 Å². The summed E-state index contributed by atoms with van der Waals surface area (Å²) in [5.74, 6) is 0.449. The third-order valence-electron chi connectivity index (χ3n) is 3.15. The van der Waals surface area contributed by atoms with Crippen molar-refractivity contribution in [2.24, 2.45) is 5.92 Å². The van der Waals surface area contributed by atoms with Gasteiger partial charge in [-0.05, 0) is 54.0 Å². The van der Waals surface area contributed by atoms with E-state index in [0.717, 1.165) is 22.1 Å². The second-order valence-electron chi connectivity index (χ2n) is 5.04. The van der Waals surface area contributed by atoms with Crippen molar-refractivity contribution in [1.29, 1.82) is 0 Å². The Morgan fingerprint density at radius 1 is 1.42 bits per heavy atom. The number of hydrogen-bond acceptors (Lipinski definition) is 3. The molecule has 0 bridgehead atoms. The average molecular weight is 376 g/mol. The molecule has 1 atom stereocenters.